The van der Waals surface area contributed by atoms with Crippen molar-refractivity contribution >= 4 is 11.8 Å². The Morgan fingerprint density at radius 1 is 1.22 bits per heavy atom. The highest BCUT2D eigenvalue weighted by molar-refractivity contribution is 5.95. The standard InChI is InChI=1S/C19H21N3O5/c1-11-6-17(27-20-11)19(24)21-9-14-13-8-16(26-3)15(25-2)7-12(13)4-5-22(14)18(23)10-21/h6-8,14H,4-5,9-10H2,1-3H3/t14-/m0/s1. The van der Waals surface area contributed by atoms with Crippen LogP contribution in [0.25, 0.3) is 0 Å². The van der Waals surface area contributed by atoms with Crippen LogP contribution in [-0.2, 0) is 11.2 Å². The number of aromatic nitrogens is 1. The third-order valence-corrected chi connectivity index (χ3v) is 5.17. The molecule has 0 unspecified atom stereocenters. The van der Waals surface area contributed by atoms with E-state index in [1.165, 1.54) is 4.90 Å². The molecule has 2 amide bonds. The first kappa shape index (κ1) is 17.4. The molecule has 4 rings (SSSR count). The second-order valence-electron chi connectivity index (χ2n) is 6.78. The Labute approximate surface area is 156 Å². The maximum atomic E-state index is 12.7. The molecule has 0 N–H and O–H groups in total. The van der Waals surface area contributed by atoms with Crippen LogP contribution in [-0.4, -0.2) is 60.6 Å². The van der Waals surface area contributed by atoms with E-state index in [2.05, 4.69) is 5.16 Å². The Morgan fingerprint density at radius 3 is 2.63 bits per heavy atom. The molecule has 2 aromatic rings. The van der Waals surface area contributed by atoms with Crippen molar-refractivity contribution in [3.8, 4) is 11.5 Å². The van der Waals surface area contributed by atoms with E-state index in [0.717, 1.165) is 17.5 Å². The molecule has 8 heteroatoms. The van der Waals surface area contributed by atoms with E-state index in [9.17, 15) is 9.59 Å². The van der Waals surface area contributed by atoms with Crippen molar-refractivity contribution in [3.05, 3.63) is 40.8 Å². The quantitative estimate of drug-likeness (QED) is 0.814. The predicted octanol–water partition coefficient (Wildman–Crippen LogP) is 1.58. The van der Waals surface area contributed by atoms with E-state index < -0.39 is 0 Å². The molecule has 1 saturated heterocycles. The maximum Gasteiger partial charge on any atom is 0.293 e. The van der Waals surface area contributed by atoms with E-state index in [1.54, 1.807) is 27.2 Å². The van der Waals surface area contributed by atoms with Crippen LogP contribution in [0.5, 0.6) is 11.5 Å². The zero-order valence-electron chi connectivity index (χ0n) is 15.5. The summed E-state index contributed by atoms with van der Waals surface area (Å²) < 4.78 is 15.9. The predicted molar refractivity (Wildman–Crippen MR) is 94.8 cm³/mol. The molecule has 1 fully saturated rings. The molecule has 3 heterocycles. The fourth-order valence-electron chi connectivity index (χ4n) is 3.83. The molecular formula is C19H21N3O5. The van der Waals surface area contributed by atoms with Gasteiger partial charge in [0.2, 0.25) is 11.7 Å². The third kappa shape index (κ3) is 2.90. The minimum atomic E-state index is -0.323. The lowest BCUT2D eigenvalue weighted by molar-refractivity contribution is -0.139. The van der Waals surface area contributed by atoms with Crippen molar-refractivity contribution in [3.63, 3.8) is 0 Å². The second kappa shape index (κ2) is 6.61. The molecule has 1 aromatic carbocycles. The van der Waals surface area contributed by atoms with Gasteiger partial charge in [-0.05, 0) is 36.6 Å². The molecule has 0 aliphatic carbocycles. The average Bonchev–Trinajstić information content (AvgIpc) is 3.12. The first-order valence-corrected chi connectivity index (χ1v) is 8.78. The zero-order chi connectivity index (χ0) is 19.1. The number of ether oxygens (including phenoxy) is 2. The van der Waals surface area contributed by atoms with Crippen LogP contribution < -0.4 is 9.47 Å². The van der Waals surface area contributed by atoms with E-state index in [1.807, 2.05) is 17.0 Å². The van der Waals surface area contributed by atoms with Crippen LogP contribution in [0.2, 0.25) is 0 Å². The van der Waals surface area contributed by atoms with E-state index in [0.29, 0.717) is 30.3 Å². The number of fused-ring (bicyclic) bond motifs is 3. The van der Waals surface area contributed by atoms with Gasteiger partial charge in [-0.1, -0.05) is 5.16 Å². The minimum absolute atomic E-state index is 0.0394. The highest BCUT2D eigenvalue weighted by Crippen LogP contribution is 2.39. The molecule has 142 valence electrons. The number of methoxy groups -OCH3 is 2. The fraction of sp³-hybridized carbons (Fsp3) is 0.421. The van der Waals surface area contributed by atoms with Crippen LogP contribution in [0.4, 0.5) is 0 Å². The summed E-state index contributed by atoms with van der Waals surface area (Å²) in [4.78, 5) is 28.8. The number of aryl methyl sites for hydroxylation is 1. The van der Waals surface area contributed by atoms with Gasteiger partial charge in [0.25, 0.3) is 5.91 Å². The Morgan fingerprint density at radius 2 is 1.96 bits per heavy atom. The maximum absolute atomic E-state index is 12.7. The van der Waals surface area contributed by atoms with Gasteiger partial charge in [0.15, 0.2) is 11.5 Å². The van der Waals surface area contributed by atoms with Crippen molar-refractivity contribution in [1.29, 1.82) is 0 Å². The van der Waals surface area contributed by atoms with Gasteiger partial charge >= 0.3 is 0 Å². The highest BCUT2D eigenvalue weighted by Gasteiger charge is 2.40. The number of carbonyl (C=O) groups is 2. The summed E-state index contributed by atoms with van der Waals surface area (Å²) in [7, 11) is 3.18. The highest BCUT2D eigenvalue weighted by atomic mass is 16.5. The summed E-state index contributed by atoms with van der Waals surface area (Å²) >= 11 is 0. The van der Waals surface area contributed by atoms with Crippen molar-refractivity contribution in [2.75, 3.05) is 33.9 Å². The number of carbonyl (C=O) groups excluding carboxylic acids is 2. The summed E-state index contributed by atoms with van der Waals surface area (Å²) in [6.45, 7) is 2.81. The summed E-state index contributed by atoms with van der Waals surface area (Å²) in [5.74, 6) is 1.03. The monoisotopic (exact) mass is 371 g/mol. The summed E-state index contributed by atoms with van der Waals surface area (Å²) in [5.41, 5.74) is 2.72. The number of nitrogens with zero attached hydrogens (tertiary/aromatic N) is 3. The molecule has 0 bridgehead atoms. The van der Waals surface area contributed by atoms with Crippen LogP contribution in [0.3, 0.4) is 0 Å². The first-order valence-electron chi connectivity index (χ1n) is 8.78. The van der Waals surface area contributed by atoms with E-state index in [4.69, 9.17) is 14.0 Å². The minimum Gasteiger partial charge on any atom is -0.493 e. The van der Waals surface area contributed by atoms with Crippen LogP contribution in [0.1, 0.15) is 33.4 Å². The molecule has 0 spiro atoms. The van der Waals surface area contributed by atoms with Gasteiger partial charge in [0.1, 0.15) is 6.54 Å². The fourth-order valence-corrected chi connectivity index (χ4v) is 3.83. The second-order valence-corrected chi connectivity index (χ2v) is 6.78. The lowest BCUT2D eigenvalue weighted by Gasteiger charge is -2.44. The molecule has 1 aromatic heterocycles. The van der Waals surface area contributed by atoms with Gasteiger partial charge in [-0.3, -0.25) is 9.59 Å². The number of benzene rings is 1. The SMILES string of the molecule is COc1cc2c(cc1OC)[C@@H]1CN(C(=O)c3cc(C)no3)CC(=O)N1CC2. The zero-order valence-corrected chi connectivity index (χ0v) is 15.5. The molecule has 8 nitrogen and oxygen atoms in total. The van der Waals surface area contributed by atoms with E-state index >= 15 is 0 Å². The third-order valence-electron chi connectivity index (χ3n) is 5.17. The van der Waals surface area contributed by atoms with Gasteiger partial charge < -0.3 is 23.8 Å². The van der Waals surface area contributed by atoms with Crippen molar-refractivity contribution in [2.24, 2.45) is 0 Å². The smallest absolute Gasteiger partial charge is 0.293 e. The molecule has 2 aliphatic rings. The van der Waals surface area contributed by atoms with Gasteiger partial charge in [-0.2, -0.15) is 0 Å². The molecule has 27 heavy (non-hydrogen) atoms. The summed E-state index contributed by atoms with van der Waals surface area (Å²) in [6.07, 6.45) is 0.743. The Hall–Kier alpha value is -3.03. The molecule has 0 saturated carbocycles. The lowest BCUT2D eigenvalue weighted by atomic mass is 9.90. The average molecular weight is 371 g/mol. The Bertz CT molecular complexity index is 907. The molecular weight excluding hydrogens is 350 g/mol. The summed E-state index contributed by atoms with van der Waals surface area (Å²) in [6, 6.07) is 5.23. The van der Waals surface area contributed by atoms with Gasteiger partial charge in [-0.15, -0.1) is 0 Å². The summed E-state index contributed by atoms with van der Waals surface area (Å²) in [5, 5.41) is 3.76. The normalized spacial score (nSPS) is 18.8. The Kier molecular flexibility index (Phi) is 4.25. The Balaban J connectivity index is 1.68. The van der Waals surface area contributed by atoms with Gasteiger partial charge in [-0.25, -0.2) is 0 Å². The number of rotatable bonds is 3. The lowest BCUT2D eigenvalue weighted by Crippen LogP contribution is -2.55. The van der Waals surface area contributed by atoms with Crippen molar-refractivity contribution < 1.29 is 23.6 Å². The van der Waals surface area contributed by atoms with Crippen LogP contribution in [0, 0.1) is 6.92 Å². The molecule has 0 radical (unpaired) electrons. The topological polar surface area (TPSA) is 85.1 Å². The largest absolute Gasteiger partial charge is 0.493 e. The van der Waals surface area contributed by atoms with Crippen molar-refractivity contribution in [2.45, 2.75) is 19.4 Å². The first-order chi connectivity index (χ1) is 13.0. The van der Waals surface area contributed by atoms with Crippen LogP contribution >= 0.6 is 0 Å². The molecule has 1 atom stereocenters. The number of hydrogen-bond acceptors (Lipinski definition) is 6. The number of piperazine rings is 1. The van der Waals surface area contributed by atoms with Gasteiger partial charge in [0, 0.05) is 19.2 Å². The number of amides is 2. The van der Waals surface area contributed by atoms with Gasteiger partial charge in [0.05, 0.1) is 26.0 Å². The van der Waals surface area contributed by atoms with Crippen molar-refractivity contribution in [1.82, 2.24) is 15.0 Å². The van der Waals surface area contributed by atoms with Crippen LogP contribution in [0.15, 0.2) is 22.7 Å². The molecule has 2 aliphatic heterocycles. The number of hydrogen-bond donors (Lipinski definition) is 0. The van der Waals surface area contributed by atoms with E-state index in [-0.39, 0.29) is 30.2 Å².